The van der Waals surface area contributed by atoms with E-state index < -0.39 is 24.2 Å². The molecule has 46 heavy (non-hydrogen) atoms. The molecule has 3 fully saturated rings. The average molecular weight is 697 g/mol. The summed E-state index contributed by atoms with van der Waals surface area (Å²) < 4.78 is 70.6. The van der Waals surface area contributed by atoms with Crippen LogP contribution in [0.15, 0.2) is 36.4 Å². The van der Waals surface area contributed by atoms with E-state index in [1.165, 1.54) is 4.90 Å². The maximum atomic E-state index is 13.1. The number of rotatable bonds is 5. The lowest BCUT2D eigenvalue weighted by Gasteiger charge is -2.33. The topological polar surface area (TPSA) is 90.0 Å². The summed E-state index contributed by atoms with van der Waals surface area (Å²) in [6.45, 7) is 2.84. The van der Waals surface area contributed by atoms with Gasteiger partial charge < -0.3 is 20.2 Å². The molecule has 0 aliphatic carbocycles. The van der Waals surface area contributed by atoms with E-state index in [9.17, 15) is 35.9 Å². The summed E-state index contributed by atoms with van der Waals surface area (Å²) in [5.41, 5.74) is 2.79. The van der Waals surface area contributed by atoms with Crippen molar-refractivity contribution in [2.45, 2.75) is 56.9 Å². The highest BCUT2D eigenvalue weighted by atomic mass is 35.5. The highest BCUT2D eigenvalue weighted by Crippen LogP contribution is 2.37. The largest absolute Gasteiger partial charge is 0.490 e. The lowest BCUT2D eigenvalue weighted by atomic mass is 9.94. The van der Waals surface area contributed by atoms with Crippen LogP contribution in [0.2, 0.25) is 10.0 Å². The Bertz CT molecular complexity index is 1380. The molecule has 15 heteroatoms. The second-order valence-corrected chi connectivity index (χ2v) is 12.4. The number of nitrogens with zero attached hydrogens (tertiary/aromatic N) is 2. The number of alkyl halides is 6. The number of hydrogen-bond acceptors (Lipinski definition) is 4. The minimum atomic E-state index is -5.08. The van der Waals surface area contributed by atoms with Gasteiger partial charge in [-0.25, -0.2) is 4.79 Å². The van der Waals surface area contributed by atoms with Crippen LogP contribution < -0.4 is 5.32 Å². The van der Waals surface area contributed by atoms with Crippen molar-refractivity contribution in [3.8, 4) is 11.1 Å². The molecule has 2 aromatic carbocycles. The van der Waals surface area contributed by atoms with Crippen molar-refractivity contribution < 1.29 is 45.8 Å². The normalized spacial score (nSPS) is 20.0. The smallest absolute Gasteiger partial charge is 0.475 e. The number of halogens is 8. The molecule has 5 rings (SSSR count). The summed E-state index contributed by atoms with van der Waals surface area (Å²) in [7, 11) is 0. The van der Waals surface area contributed by atoms with E-state index in [2.05, 4.69) is 5.32 Å². The number of carboxylic acid groups (broad SMARTS) is 1. The number of carbonyl (C=O) groups is 3. The number of benzene rings is 2. The van der Waals surface area contributed by atoms with Gasteiger partial charge in [-0.3, -0.25) is 9.59 Å². The molecule has 0 aromatic heterocycles. The summed E-state index contributed by atoms with van der Waals surface area (Å²) in [5.74, 6) is -4.32. The molecule has 0 bridgehead atoms. The van der Waals surface area contributed by atoms with Gasteiger partial charge in [0, 0.05) is 47.2 Å². The summed E-state index contributed by atoms with van der Waals surface area (Å²) in [4.78, 5) is 38.4. The van der Waals surface area contributed by atoms with Crippen LogP contribution in [0.3, 0.4) is 0 Å². The average Bonchev–Trinajstić information content (AvgIpc) is 3.38. The molecule has 2 N–H and O–H groups in total. The molecule has 7 nitrogen and oxygen atoms in total. The van der Waals surface area contributed by atoms with Crippen LogP contribution in [0.5, 0.6) is 0 Å². The molecule has 3 aliphatic rings. The maximum Gasteiger partial charge on any atom is 0.490 e. The predicted molar refractivity (Wildman–Crippen MR) is 160 cm³/mol. The van der Waals surface area contributed by atoms with Gasteiger partial charge in [0.1, 0.15) is 0 Å². The zero-order valence-corrected chi connectivity index (χ0v) is 26.1. The molecule has 2 amide bonds. The van der Waals surface area contributed by atoms with E-state index in [0.29, 0.717) is 28.1 Å². The fourth-order valence-electron chi connectivity index (χ4n) is 6.04. The van der Waals surface area contributed by atoms with Gasteiger partial charge >= 0.3 is 18.3 Å². The second-order valence-electron chi connectivity index (χ2n) is 11.6. The van der Waals surface area contributed by atoms with Crippen LogP contribution in [-0.4, -0.2) is 83.8 Å². The minimum absolute atomic E-state index is 0.0702. The van der Waals surface area contributed by atoms with E-state index >= 15 is 0 Å². The Morgan fingerprint density at radius 1 is 0.848 bits per heavy atom. The Balaban J connectivity index is 0.000000617. The van der Waals surface area contributed by atoms with Crippen LogP contribution in [0, 0.1) is 11.8 Å². The lowest BCUT2D eigenvalue weighted by Crippen LogP contribution is -2.44. The number of hydrogen-bond donors (Lipinski definition) is 2. The van der Waals surface area contributed by atoms with Crippen molar-refractivity contribution in [2.75, 3.05) is 32.7 Å². The first-order valence-corrected chi connectivity index (χ1v) is 15.6. The van der Waals surface area contributed by atoms with Gasteiger partial charge in [0.15, 0.2) is 0 Å². The number of carboxylic acids is 1. The number of amides is 2. The van der Waals surface area contributed by atoms with Crippen molar-refractivity contribution in [1.82, 2.24) is 15.1 Å². The molecule has 3 heterocycles. The van der Waals surface area contributed by atoms with Crippen LogP contribution in [0.1, 0.15) is 48.0 Å². The first-order chi connectivity index (χ1) is 21.6. The van der Waals surface area contributed by atoms with Crippen molar-refractivity contribution >= 4 is 41.0 Å². The van der Waals surface area contributed by atoms with E-state index in [4.69, 9.17) is 33.1 Å². The first kappa shape index (κ1) is 35.8. The van der Waals surface area contributed by atoms with Crippen molar-refractivity contribution in [1.29, 1.82) is 0 Å². The molecule has 0 spiro atoms. The lowest BCUT2D eigenvalue weighted by molar-refractivity contribution is -0.192. The highest BCUT2D eigenvalue weighted by molar-refractivity contribution is 6.36. The number of piperidine rings is 2. The summed E-state index contributed by atoms with van der Waals surface area (Å²) >= 11 is 13.3. The van der Waals surface area contributed by atoms with Gasteiger partial charge in [0.05, 0.1) is 5.92 Å². The number of likely N-dealkylation sites (tertiary alicyclic amines) is 2. The van der Waals surface area contributed by atoms with Gasteiger partial charge in [0.25, 0.3) is 5.91 Å². The third kappa shape index (κ3) is 8.86. The zero-order chi connectivity index (χ0) is 33.8. The quantitative estimate of drug-likeness (QED) is 0.334. The predicted octanol–water partition coefficient (Wildman–Crippen LogP) is 6.85. The fraction of sp³-hybridized carbons (Fsp3) is 0.516. The Hall–Kier alpha value is -3.03. The summed E-state index contributed by atoms with van der Waals surface area (Å²) in [6.07, 6.45) is -6.18. The summed E-state index contributed by atoms with van der Waals surface area (Å²) in [5, 5.41) is 11.5. The molecule has 0 radical (unpaired) electrons. The standard InChI is InChI=1S/C29H32Cl2F3N3O2.C2HF3O2/c30-25-16-21(17-26(31)24(25)15-20-7-14-37(28(20)39)23-5-10-35-11-6-23)18-1-3-19(4-2-18)27(38)36-12-8-22(9-13-36)29(32,33)34;3-2(4,5)1(6)7/h1-4,16-17,20,22-23,35H,5-15H2;(H,6,7)/t20-;/m0./s1. The minimum Gasteiger partial charge on any atom is -0.475 e. The molecular formula is C31H33Cl2F6N3O4. The Morgan fingerprint density at radius 2 is 1.39 bits per heavy atom. The van der Waals surface area contributed by atoms with Crippen LogP contribution in [-0.2, 0) is 16.0 Å². The van der Waals surface area contributed by atoms with Crippen LogP contribution in [0.25, 0.3) is 11.1 Å². The molecule has 252 valence electrons. The van der Waals surface area contributed by atoms with Gasteiger partial charge in [-0.1, -0.05) is 35.3 Å². The van der Waals surface area contributed by atoms with Gasteiger partial charge in [-0.05, 0) is 92.6 Å². The van der Waals surface area contributed by atoms with Crippen molar-refractivity contribution in [3.05, 3.63) is 57.6 Å². The Kier molecular flexibility index (Phi) is 11.5. The van der Waals surface area contributed by atoms with E-state index in [1.54, 1.807) is 24.3 Å². The van der Waals surface area contributed by atoms with Gasteiger partial charge in [-0.15, -0.1) is 0 Å². The van der Waals surface area contributed by atoms with Crippen molar-refractivity contribution in [3.63, 3.8) is 0 Å². The third-order valence-electron chi connectivity index (χ3n) is 8.64. The van der Waals surface area contributed by atoms with Crippen molar-refractivity contribution in [2.24, 2.45) is 11.8 Å². The highest BCUT2D eigenvalue weighted by Gasteiger charge is 2.42. The van der Waals surface area contributed by atoms with Crippen LogP contribution >= 0.6 is 23.2 Å². The number of carbonyl (C=O) groups excluding carboxylic acids is 2. The van der Waals surface area contributed by atoms with E-state index in [0.717, 1.165) is 55.6 Å². The molecule has 3 saturated heterocycles. The molecule has 2 aromatic rings. The zero-order valence-electron chi connectivity index (χ0n) is 24.6. The molecular weight excluding hydrogens is 663 g/mol. The molecule has 3 aliphatic heterocycles. The molecule has 1 atom stereocenters. The maximum absolute atomic E-state index is 13.1. The SMILES string of the molecule is O=C(O)C(F)(F)F.O=C(c1ccc(-c2cc(Cl)c(C[C@@H]3CCN(C4CCNCC4)C3=O)c(Cl)c2)cc1)N1CCC(C(F)(F)F)CC1. The second kappa shape index (κ2) is 14.8. The van der Waals surface area contributed by atoms with Crippen LogP contribution in [0.4, 0.5) is 26.3 Å². The monoisotopic (exact) mass is 695 g/mol. The fourth-order valence-corrected chi connectivity index (χ4v) is 6.68. The van der Waals surface area contributed by atoms with E-state index in [1.807, 2.05) is 17.0 Å². The first-order valence-electron chi connectivity index (χ1n) is 14.8. The molecule has 0 saturated carbocycles. The Morgan fingerprint density at radius 3 is 1.89 bits per heavy atom. The van der Waals surface area contributed by atoms with Gasteiger partial charge in [0.2, 0.25) is 5.91 Å². The number of nitrogens with one attached hydrogen (secondary N) is 1. The van der Waals surface area contributed by atoms with E-state index in [-0.39, 0.29) is 43.7 Å². The summed E-state index contributed by atoms with van der Waals surface area (Å²) in [6, 6.07) is 10.9. The van der Waals surface area contributed by atoms with Gasteiger partial charge in [-0.2, -0.15) is 26.3 Å². The number of aliphatic carboxylic acids is 1. The molecule has 0 unspecified atom stereocenters. The Labute approximate surface area is 271 Å². The third-order valence-corrected chi connectivity index (χ3v) is 9.32.